The molecule has 2 aliphatic carbocycles. The van der Waals surface area contributed by atoms with Gasteiger partial charge in [0.05, 0.1) is 11.4 Å². The Morgan fingerprint density at radius 1 is 0.603 bits per heavy atom. The third-order valence-electron chi connectivity index (χ3n) is 9.95. The molecule has 4 aromatic carbocycles. The van der Waals surface area contributed by atoms with E-state index in [4.69, 9.17) is 9.47 Å². The molecule has 2 saturated carbocycles. The molecule has 0 radical (unpaired) electrons. The van der Waals surface area contributed by atoms with Crippen LogP contribution in [0.1, 0.15) is 89.6 Å². The SMILES string of the molecule is Cc1ccc(C(=O)NC2CC2)cc1NC(=O)c1cc(F)c(OCc2ccccn2)c(F)c1.Cc1ccc(C(=O)NC2CC2)cc1NC(=O)c1ccc(OCc2cccc(Br)n2)cc1. The molecule has 15 heteroatoms. The van der Waals surface area contributed by atoms with Gasteiger partial charge < -0.3 is 30.7 Å². The molecule has 0 spiro atoms. The van der Waals surface area contributed by atoms with Crippen LogP contribution >= 0.6 is 15.9 Å². The van der Waals surface area contributed by atoms with Crippen molar-refractivity contribution in [3.8, 4) is 11.5 Å². The van der Waals surface area contributed by atoms with Gasteiger partial charge in [-0.05, 0) is 152 Å². The van der Waals surface area contributed by atoms with E-state index in [1.165, 1.54) is 0 Å². The number of ether oxygens (including phenoxy) is 2. The molecule has 4 N–H and O–H groups in total. The number of aryl methyl sites for hydroxylation is 2. The number of halogens is 3. The first-order chi connectivity index (χ1) is 30.4. The van der Waals surface area contributed by atoms with Crippen molar-refractivity contribution < 1.29 is 37.4 Å². The standard InChI is InChI=1S/C24H22BrN3O3.C24H21F2N3O3/c1-15-5-6-17(24(30)27-18-9-10-18)13-21(15)28-23(29)16-7-11-20(12-8-16)31-14-19-3-2-4-22(25)26-19;1-14-5-6-15(23(30)28-17-7-8-17)12-21(14)29-24(31)16-10-19(25)22(20(26)11-16)32-13-18-4-2-3-9-27-18/h2-8,11-13,18H,9-10,14H2,1H3,(H,27,30)(H,28,29);2-6,9-12,17H,7-8,13H2,1H3,(H,28,30)(H,29,31). The maximum atomic E-state index is 14.5. The van der Waals surface area contributed by atoms with Crippen molar-refractivity contribution >= 4 is 50.9 Å². The van der Waals surface area contributed by atoms with Gasteiger partial charge in [0, 0.05) is 51.9 Å². The second-order valence-corrected chi connectivity index (χ2v) is 15.9. The number of aromatic nitrogens is 2. The lowest BCUT2D eigenvalue weighted by Gasteiger charge is -2.12. The van der Waals surface area contributed by atoms with Gasteiger partial charge in [0.2, 0.25) is 0 Å². The maximum Gasteiger partial charge on any atom is 0.255 e. The predicted octanol–water partition coefficient (Wildman–Crippen LogP) is 9.27. The highest BCUT2D eigenvalue weighted by Crippen LogP contribution is 2.27. The minimum absolute atomic E-state index is 0.112. The average Bonchev–Trinajstić information content (AvgIpc) is 4.23. The van der Waals surface area contributed by atoms with Crippen molar-refractivity contribution in [2.75, 3.05) is 10.6 Å². The summed E-state index contributed by atoms with van der Waals surface area (Å²) in [6, 6.07) is 30.2. The quantitative estimate of drug-likeness (QED) is 0.0787. The molecule has 2 fully saturated rings. The van der Waals surface area contributed by atoms with Gasteiger partial charge in [-0.1, -0.05) is 24.3 Å². The van der Waals surface area contributed by atoms with Crippen LogP contribution in [0.2, 0.25) is 0 Å². The Labute approximate surface area is 371 Å². The zero-order valence-corrected chi connectivity index (χ0v) is 35.9. The van der Waals surface area contributed by atoms with Crippen molar-refractivity contribution in [3.63, 3.8) is 0 Å². The Morgan fingerprint density at radius 2 is 1.13 bits per heavy atom. The van der Waals surface area contributed by atoms with Crippen LogP contribution in [-0.4, -0.2) is 45.7 Å². The molecule has 2 aromatic heterocycles. The normalized spacial score (nSPS) is 12.8. The van der Waals surface area contributed by atoms with Crippen LogP contribution in [0.5, 0.6) is 11.5 Å². The topological polar surface area (TPSA) is 161 Å². The monoisotopic (exact) mass is 916 g/mol. The molecule has 2 aliphatic rings. The van der Waals surface area contributed by atoms with Gasteiger partial charge in [0.25, 0.3) is 23.6 Å². The fourth-order valence-electron chi connectivity index (χ4n) is 6.03. The lowest BCUT2D eigenvalue weighted by atomic mass is 10.1. The van der Waals surface area contributed by atoms with Gasteiger partial charge in [-0.3, -0.25) is 24.2 Å². The maximum absolute atomic E-state index is 14.5. The summed E-state index contributed by atoms with van der Waals surface area (Å²) >= 11 is 3.34. The van der Waals surface area contributed by atoms with Gasteiger partial charge in [-0.25, -0.2) is 13.8 Å². The Kier molecular flexibility index (Phi) is 14.2. The molecule has 0 aliphatic heterocycles. The minimum atomic E-state index is -1.000. The number of nitrogens with one attached hydrogen (secondary N) is 4. The average molecular weight is 918 g/mol. The molecule has 12 nitrogen and oxygen atoms in total. The first-order valence-corrected chi connectivity index (χ1v) is 21.0. The molecule has 2 heterocycles. The van der Waals surface area contributed by atoms with E-state index < -0.39 is 23.3 Å². The highest BCUT2D eigenvalue weighted by Gasteiger charge is 2.25. The van der Waals surface area contributed by atoms with E-state index in [2.05, 4.69) is 47.2 Å². The highest BCUT2D eigenvalue weighted by molar-refractivity contribution is 9.10. The molecule has 0 unspecified atom stereocenters. The number of rotatable bonds is 14. The van der Waals surface area contributed by atoms with Crippen molar-refractivity contribution in [1.82, 2.24) is 20.6 Å². The molecule has 0 saturated heterocycles. The minimum Gasteiger partial charge on any atom is -0.487 e. The van der Waals surface area contributed by atoms with Gasteiger partial charge in [-0.15, -0.1) is 0 Å². The van der Waals surface area contributed by atoms with Crippen molar-refractivity contribution in [2.45, 2.75) is 64.8 Å². The van der Waals surface area contributed by atoms with Gasteiger partial charge in [0.15, 0.2) is 17.4 Å². The van der Waals surface area contributed by atoms with Crippen LogP contribution in [0.15, 0.2) is 120 Å². The van der Waals surface area contributed by atoms with E-state index in [0.29, 0.717) is 51.7 Å². The summed E-state index contributed by atoms with van der Waals surface area (Å²) in [6.45, 7) is 3.87. The van der Waals surface area contributed by atoms with Gasteiger partial charge in [-0.2, -0.15) is 0 Å². The zero-order valence-electron chi connectivity index (χ0n) is 34.3. The third-order valence-corrected chi connectivity index (χ3v) is 10.4. The second-order valence-electron chi connectivity index (χ2n) is 15.1. The van der Waals surface area contributed by atoms with Crippen LogP contribution in [0.4, 0.5) is 20.2 Å². The van der Waals surface area contributed by atoms with Crippen LogP contribution in [0, 0.1) is 25.5 Å². The van der Waals surface area contributed by atoms with Crippen LogP contribution in [0.25, 0.3) is 0 Å². The third kappa shape index (κ3) is 12.5. The van der Waals surface area contributed by atoms with Crippen LogP contribution in [-0.2, 0) is 13.2 Å². The molecule has 8 rings (SSSR count). The van der Waals surface area contributed by atoms with Crippen molar-refractivity contribution in [1.29, 1.82) is 0 Å². The van der Waals surface area contributed by atoms with Gasteiger partial charge >= 0.3 is 0 Å². The smallest absolute Gasteiger partial charge is 0.255 e. The molecule has 0 atom stereocenters. The summed E-state index contributed by atoms with van der Waals surface area (Å²) in [5, 5.41) is 11.4. The summed E-state index contributed by atoms with van der Waals surface area (Å²) in [7, 11) is 0. The lowest BCUT2D eigenvalue weighted by molar-refractivity contribution is 0.0942. The highest BCUT2D eigenvalue weighted by atomic mass is 79.9. The molecular formula is C48H43BrF2N6O6. The van der Waals surface area contributed by atoms with E-state index >= 15 is 0 Å². The van der Waals surface area contributed by atoms with Crippen molar-refractivity contribution in [2.24, 2.45) is 0 Å². The summed E-state index contributed by atoms with van der Waals surface area (Å²) < 4.78 is 40.7. The second kappa shape index (κ2) is 20.2. The number of benzene rings is 4. The van der Waals surface area contributed by atoms with Crippen LogP contribution < -0.4 is 30.7 Å². The number of pyridine rings is 2. The first-order valence-electron chi connectivity index (χ1n) is 20.2. The van der Waals surface area contributed by atoms with E-state index in [1.54, 1.807) is 85.9 Å². The van der Waals surface area contributed by atoms with E-state index in [-0.39, 0.29) is 42.0 Å². The van der Waals surface area contributed by atoms with E-state index in [9.17, 15) is 28.0 Å². The molecular weight excluding hydrogens is 874 g/mol. The molecule has 0 bridgehead atoms. The zero-order chi connectivity index (χ0) is 44.5. The largest absolute Gasteiger partial charge is 0.487 e. The first kappa shape index (κ1) is 44.1. The summed E-state index contributed by atoms with van der Waals surface area (Å²) in [4.78, 5) is 58.2. The number of carbonyl (C=O) groups is 4. The molecule has 322 valence electrons. The molecule has 6 aromatic rings. The number of nitrogens with zero attached hydrogens (tertiary/aromatic N) is 2. The number of anilines is 2. The van der Waals surface area contributed by atoms with Crippen molar-refractivity contribution in [3.05, 3.63) is 176 Å². The number of hydrogen-bond donors (Lipinski definition) is 4. The Bertz CT molecular complexity index is 2620. The number of hydrogen-bond acceptors (Lipinski definition) is 8. The number of carbonyl (C=O) groups excluding carboxylic acids is 4. The fourth-order valence-corrected chi connectivity index (χ4v) is 6.41. The Balaban J connectivity index is 0.000000189. The lowest BCUT2D eigenvalue weighted by Crippen LogP contribution is -2.25. The molecule has 63 heavy (non-hydrogen) atoms. The predicted molar refractivity (Wildman–Crippen MR) is 237 cm³/mol. The summed E-state index contributed by atoms with van der Waals surface area (Å²) in [6.07, 6.45) is 5.52. The van der Waals surface area contributed by atoms with E-state index in [0.717, 1.165) is 53.7 Å². The number of amides is 4. The summed E-state index contributed by atoms with van der Waals surface area (Å²) in [5.74, 6) is -3.23. The Hall–Kier alpha value is -7.00. The summed E-state index contributed by atoms with van der Waals surface area (Å²) in [5.41, 5.74) is 5.13. The van der Waals surface area contributed by atoms with Crippen LogP contribution in [0.3, 0.4) is 0 Å². The van der Waals surface area contributed by atoms with Gasteiger partial charge in [0.1, 0.15) is 23.6 Å². The van der Waals surface area contributed by atoms with E-state index in [1.807, 2.05) is 31.2 Å². The molecule has 4 amide bonds. The Morgan fingerprint density at radius 3 is 1.65 bits per heavy atom. The fraction of sp³-hybridized carbons (Fsp3) is 0.208.